The fourth-order valence-corrected chi connectivity index (χ4v) is 3.43. The Hall–Kier alpha value is -1.98. The van der Waals surface area contributed by atoms with Crippen LogP contribution in [0, 0.1) is 19.7 Å². The summed E-state index contributed by atoms with van der Waals surface area (Å²) in [6.45, 7) is 11.4. The van der Waals surface area contributed by atoms with Crippen LogP contribution in [0.2, 0.25) is 0 Å². The van der Waals surface area contributed by atoms with Crippen molar-refractivity contribution in [3.05, 3.63) is 65.0 Å². The van der Waals surface area contributed by atoms with E-state index in [4.69, 9.17) is 9.90 Å². The van der Waals surface area contributed by atoms with Gasteiger partial charge in [-0.15, -0.1) is 11.8 Å². The maximum absolute atomic E-state index is 12.2. The Morgan fingerprint density at radius 1 is 1.07 bits per heavy atom. The Morgan fingerprint density at radius 3 is 1.86 bits per heavy atom. The molecular weight excluding hydrogens is 387 g/mol. The van der Waals surface area contributed by atoms with E-state index < -0.39 is 0 Å². The summed E-state index contributed by atoms with van der Waals surface area (Å²) in [5.41, 5.74) is 3.70. The lowest BCUT2D eigenvalue weighted by Crippen LogP contribution is -2.12. The summed E-state index contributed by atoms with van der Waals surface area (Å²) in [7, 11) is 1.00. The molecule has 0 aliphatic heterocycles. The van der Waals surface area contributed by atoms with Crippen LogP contribution in [0.5, 0.6) is 0 Å². The first kappa shape index (κ1) is 29.2. The molecule has 1 N–H and O–H groups in total. The van der Waals surface area contributed by atoms with Gasteiger partial charge in [-0.2, -0.15) is 0 Å². The molecule has 1 atom stereocenters. The zero-order valence-electron chi connectivity index (χ0n) is 18.7. The number of carbonyl (C=O) groups excluding carboxylic acids is 2. The number of halogens is 1. The number of hydrogen-bond acceptors (Lipinski definition) is 4. The maximum Gasteiger partial charge on any atom is 0.143 e. The minimum atomic E-state index is -0.160. The number of Topliss-reactive ketones (excluding diaryl/α,β-unsaturated/α-hetero) is 1. The normalized spacial score (nSPS) is 10.1. The molecule has 5 heteroatoms. The van der Waals surface area contributed by atoms with Gasteiger partial charge in [-0.25, -0.2) is 4.39 Å². The van der Waals surface area contributed by atoms with Crippen LogP contribution in [0.15, 0.2) is 47.4 Å². The van der Waals surface area contributed by atoms with E-state index in [0.29, 0.717) is 0 Å². The Labute approximate surface area is 179 Å². The van der Waals surface area contributed by atoms with Crippen LogP contribution in [0.4, 0.5) is 4.39 Å². The number of thioether (sulfide) groups is 1. The lowest BCUT2D eigenvalue weighted by atomic mass is 10.2. The molecule has 0 aromatic heterocycles. The number of benzene rings is 2. The van der Waals surface area contributed by atoms with E-state index in [0.717, 1.165) is 26.2 Å². The number of hydrogen-bond donors (Lipinski definition) is 1. The minimum Gasteiger partial charge on any atom is -0.400 e. The highest BCUT2D eigenvalue weighted by Gasteiger charge is 2.15. The summed E-state index contributed by atoms with van der Waals surface area (Å²) in [6, 6.07) is 12.8. The summed E-state index contributed by atoms with van der Waals surface area (Å²) in [6.07, 6.45) is 2.62. The van der Waals surface area contributed by atoms with Gasteiger partial charge in [0.2, 0.25) is 0 Å². The van der Waals surface area contributed by atoms with Gasteiger partial charge >= 0.3 is 0 Å². The molecule has 0 fully saturated rings. The topological polar surface area (TPSA) is 54.4 Å². The highest BCUT2D eigenvalue weighted by Crippen LogP contribution is 2.31. The quantitative estimate of drug-likeness (QED) is 0.477. The van der Waals surface area contributed by atoms with Crippen molar-refractivity contribution in [1.29, 1.82) is 0 Å². The van der Waals surface area contributed by atoms with E-state index in [2.05, 4.69) is 39.0 Å². The zero-order valence-corrected chi connectivity index (χ0v) is 19.5. The van der Waals surface area contributed by atoms with Gasteiger partial charge in [0.05, 0.1) is 5.25 Å². The number of aliphatic hydroxyl groups is 1. The van der Waals surface area contributed by atoms with E-state index in [9.17, 15) is 9.18 Å². The molecule has 162 valence electrons. The number of aldehydes is 1. The van der Waals surface area contributed by atoms with Crippen LogP contribution in [0.1, 0.15) is 50.8 Å². The molecule has 0 amide bonds. The van der Waals surface area contributed by atoms with Crippen LogP contribution in [-0.2, 0) is 16.0 Å². The first-order valence-electron chi connectivity index (χ1n) is 9.62. The third-order valence-electron chi connectivity index (χ3n) is 3.81. The number of carbonyl (C=O) groups is 2. The Kier molecular flexibility index (Phi) is 18.2. The van der Waals surface area contributed by atoms with E-state index >= 15 is 0 Å². The first-order valence-corrected chi connectivity index (χ1v) is 10.5. The Bertz CT molecular complexity index is 680. The van der Waals surface area contributed by atoms with Crippen molar-refractivity contribution < 1.29 is 19.1 Å². The molecule has 0 saturated carbocycles. The molecule has 0 aliphatic carbocycles. The molecule has 2 rings (SSSR count). The summed E-state index contributed by atoms with van der Waals surface area (Å²) < 4.78 is 12.2. The van der Waals surface area contributed by atoms with Gasteiger partial charge in [-0.3, -0.25) is 4.79 Å². The lowest BCUT2D eigenvalue weighted by molar-refractivity contribution is -0.116. The molecule has 2 aromatic rings. The highest BCUT2D eigenvalue weighted by molar-refractivity contribution is 8.00. The number of rotatable bonds is 5. The standard InChI is InChI=1S/C13H18OS.C8H9F.C2H4O.CH4O/c1-5-12(11(4)14)15-13-9(2)7-6-8-10(13)3;1-2-7-3-5-8(9)6-4-7;1-2-3;1-2/h6-8,12H,5H2,1-4H3;3-6H,2H2,1H3;2H,1H3;2H,1H3. The van der Waals surface area contributed by atoms with E-state index in [-0.39, 0.29) is 16.9 Å². The maximum atomic E-state index is 12.2. The first-order chi connectivity index (χ1) is 13.8. The third kappa shape index (κ3) is 13.0. The molecule has 2 aromatic carbocycles. The van der Waals surface area contributed by atoms with Crippen molar-refractivity contribution in [2.45, 2.75) is 64.5 Å². The molecule has 29 heavy (non-hydrogen) atoms. The molecule has 0 heterocycles. The SMILES string of the molecule is CC=O.CCC(Sc1c(C)cccc1C)C(C)=O.CCc1ccc(F)cc1.CO. The minimum absolute atomic E-state index is 0.102. The molecule has 0 saturated heterocycles. The number of ketones is 1. The fourth-order valence-electron chi connectivity index (χ4n) is 2.30. The molecule has 0 aliphatic rings. The second kappa shape index (κ2) is 18.1. The van der Waals surface area contributed by atoms with Gasteiger partial charge in [-0.05, 0) is 69.4 Å². The van der Waals surface area contributed by atoms with Gasteiger partial charge in [0.25, 0.3) is 0 Å². The predicted octanol–water partition coefficient (Wildman–Crippen LogP) is 5.96. The summed E-state index contributed by atoms with van der Waals surface area (Å²) in [5, 5.41) is 7.10. The van der Waals surface area contributed by atoms with Crippen molar-refractivity contribution >= 4 is 23.8 Å². The molecule has 0 spiro atoms. The van der Waals surface area contributed by atoms with Crippen LogP contribution in [-0.4, -0.2) is 29.5 Å². The zero-order chi connectivity index (χ0) is 22.8. The monoisotopic (exact) mass is 422 g/mol. The fraction of sp³-hybridized carbons (Fsp3) is 0.417. The van der Waals surface area contributed by atoms with Crippen molar-refractivity contribution in [3.8, 4) is 0 Å². The van der Waals surface area contributed by atoms with Gasteiger partial charge < -0.3 is 9.90 Å². The molecular formula is C24H35FO3S. The Balaban J connectivity index is 0. The number of aryl methyl sites for hydroxylation is 3. The predicted molar refractivity (Wildman–Crippen MR) is 122 cm³/mol. The summed E-state index contributed by atoms with van der Waals surface area (Å²) in [5.74, 6) is 0.109. The summed E-state index contributed by atoms with van der Waals surface area (Å²) >= 11 is 1.70. The second-order valence-corrected chi connectivity index (χ2v) is 7.28. The second-order valence-electron chi connectivity index (χ2n) is 6.06. The van der Waals surface area contributed by atoms with Gasteiger partial charge in [-0.1, -0.05) is 44.2 Å². The van der Waals surface area contributed by atoms with Crippen LogP contribution in [0.25, 0.3) is 0 Å². The molecule has 0 bridgehead atoms. The summed E-state index contributed by atoms with van der Waals surface area (Å²) in [4.78, 5) is 21.5. The van der Waals surface area contributed by atoms with E-state index in [1.165, 1.54) is 40.6 Å². The van der Waals surface area contributed by atoms with Gasteiger partial charge in [0.1, 0.15) is 17.9 Å². The average molecular weight is 423 g/mol. The molecule has 0 radical (unpaired) electrons. The van der Waals surface area contributed by atoms with E-state index in [1.54, 1.807) is 30.8 Å². The van der Waals surface area contributed by atoms with Crippen molar-refractivity contribution in [2.24, 2.45) is 0 Å². The highest BCUT2D eigenvalue weighted by atomic mass is 32.2. The number of aliphatic hydroxyl groups excluding tert-OH is 1. The molecule has 3 nitrogen and oxygen atoms in total. The van der Waals surface area contributed by atoms with Crippen LogP contribution < -0.4 is 0 Å². The lowest BCUT2D eigenvalue weighted by Gasteiger charge is -2.14. The average Bonchev–Trinajstić information content (AvgIpc) is 2.71. The van der Waals surface area contributed by atoms with Gasteiger partial charge in [0.15, 0.2) is 0 Å². The largest absolute Gasteiger partial charge is 0.400 e. The van der Waals surface area contributed by atoms with Crippen LogP contribution >= 0.6 is 11.8 Å². The molecule has 1 unspecified atom stereocenters. The Morgan fingerprint density at radius 2 is 1.52 bits per heavy atom. The van der Waals surface area contributed by atoms with E-state index in [1.807, 2.05) is 6.92 Å². The van der Waals surface area contributed by atoms with Gasteiger partial charge in [0, 0.05) is 12.0 Å². The van der Waals surface area contributed by atoms with Crippen molar-refractivity contribution in [1.82, 2.24) is 0 Å². The van der Waals surface area contributed by atoms with Crippen LogP contribution in [0.3, 0.4) is 0 Å². The van der Waals surface area contributed by atoms with Crippen molar-refractivity contribution in [2.75, 3.05) is 7.11 Å². The third-order valence-corrected chi connectivity index (χ3v) is 5.64. The smallest absolute Gasteiger partial charge is 0.143 e. The van der Waals surface area contributed by atoms with Crippen molar-refractivity contribution in [3.63, 3.8) is 0 Å².